The van der Waals surface area contributed by atoms with Gasteiger partial charge in [0.15, 0.2) is 5.96 Å². The van der Waals surface area contributed by atoms with Crippen LogP contribution in [0.15, 0.2) is 29.3 Å². The number of halogens is 1. The fourth-order valence-electron chi connectivity index (χ4n) is 2.03. The molecule has 0 spiro atoms. The number of hydrogen-bond donors (Lipinski definition) is 2. The van der Waals surface area contributed by atoms with E-state index in [1.54, 1.807) is 0 Å². The Morgan fingerprint density at radius 3 is 2.48 bits per heavy atom. The summed E-state index contributed by atoms with van der Waals surface area (Å²) in [5.41, 5.74) is 2.67. The van der Waals surface area contributed by atoms with Gasteiger partial charge < -0.3 is 10.6 Å². The molecule has 1 rings (SSSR count). The summed E-state index contributed by atoms with van der Waals surface area (Å²) in [6.45, 7) is 14.6. The average Bonchev–Trinajstić information content (AvgIpc) is 2.36. The number of nitrogens with one attached hydrogen (secondary N) is 2. The molecule has 1 aromatic carbocycles. The van der Waals surface area contributed by atoms with Gasteiger partial charge in [-0.05, 0) is 33.3 Å². The van der Waals surface area contributed by atoms with Crippen molar-refractivity contribution in [3.63, 3.8) is 0 Å². The van der Waals surface area contributed by atoms with Crippen LogP contribution in [-0.2, 0) is 5.41 Å². The minimum atomic E-state index is 0. The highest BCUT2D eigenvalue weighted by Crippen LogP contribution is 2.24. The SMILES string of the molecule is CCNC(=NCC(C)(C)c1cccc(C)c1)NC(C)C.I. The number of guanidine groups is 1. The Hall–Kier alpha value is -0.780. The summed E-state index contributed by atoms with van der Waals surface area (Å²) in [4.78, 5) is 4.73. The molecule has 0 aromatic heterocycles. The van der Waals surface area contributed by atoms with E-state index in [1.807, 2.05) is 0 Å². The first-order valence-corrected chi connectivity index (χ1v) is 7.47. The van der Waals surface area contributed by atoms with E-state index in [4.69, 9.17) is 4.99 Å². The number of hydrogen-bond acceptors (Lipinski definition) is 1. The summed E-state index contributed by atoms with van der Waals surface area (Å²) in [5, 5.41) is 6.64. The quantitative estimate of drug-likeness (QED) is 0.445. The van der Waals surface area contributed by atoms with E-state index < -0.39 is 0 Å². The summed E-state index contributed by atoms with van der Waals surface area (Å²) in [5.74, 6) is 0.892. The molecule has 0 unspecified atom stereocenters. The normalized spacial score (nSPS) is 12.0. The number of nitrogens with zero attached hydrogens (tertiary/aromatic N) is 1. The molecule has 1 aromatic rings. The van der Waals surface area contributed by atoms with Crippen molar-refractivity contribution < 1.29 is 0 Å². The number of aliphatic imine (C=N–C) groups is 1. The van der Waals surface area contributed by atoms with Crippen molar-refractivity contribution in [2.24, 2.45) is 4.99 Å². The van der Waals surface area contributed by atoms with Gasteiger partial charge in [0.25, 0.3) is 0 Å². The second-order valence-electron chi connectivity index (χ2n) is 6.25. The zero-order valence-electron chi connectivity index (χ0n) is 14.2. The lowest BCUT2D eigenvalue weighted by Gasteiger charge is -2.24. The van der Waals surface area contributed by atoms with Crippen LogP contribution in [0.1, 0.15) is 45.7 Å². The Morgan fingerprint density at radius 2 is 1.95 bits per heavy atom. The smallest absolute Gasteiger partial charge is 0.191 e. The first-order chi connectivity index (χ1) is 9.35. The van der Waals surface area contributed by atoms with E-state index >= 15 is 0 Å². The van der Waals surface area contributed by atoms with Gasteiger partial charge in [0.1, 0.15) is 0 Å². The minimum absolute atomic E-state index is 0. The third-order valence-electron chi connectivity index (χ3n) is 3.20. The Labute approximate surface area is 147 Å². The zero-order chi connectivity index (χ0) is 15.2. The van der Waals surface area contributed by atoms with Crippen LogP contribution in [0.25, 0.3) is 0 Å². The molecular formula is C17H30IN3. The molecule has 3 nitrogen and oxygen atoms in total. The minimum Gasteiger partial charge on any atom is -0.357 e. The molecule has 0 fully saturated rings. The van der Waals surface area contributed by atoms with Crippen LogP contribution < -0.4 is 10.6 Å². The van der Waals surface area contributed by atoms with Crippen LogP contribution in [0.3, 0.4) is 0 Å². The van der Waals surface area contributed by atoms with Gasteiger partial charge in [-0.2, -0.15) is 0 Å². The monoisotopic (exact) mass is 403 g/mol. The van der Waals surface area contributed by atoms with Gasteiger partial charge in [0, 0.05) is 18.0 Å². The van der Waals surface area contributed by atoms with E-state index in [0.29, 0.717) is 6.04 Å². The van der Waals surface area contributed by atoms with Gasteiger partial charge in [0.05, 0.1) is 6.54 Å². The molecule has 2 N–H and O–H groups in total. The Bertz CT molecular complexity index is 453. The number of aryl methyl sites for hydroxylation is 1. The van der Waals surface area contributed by atoms with Gasteiger partial charge >= 0.3 is 0 Å². The topological polar surface area (TPSA) is 36.4 Å². The third kappa shape index (κ3) is 7.16. The molecule has 21 heavy (non-hydrogen) atoms. The highest BCUT2D eigenvalue weighted by molar-refractivity contribution is 14.0. The van der Waals surface area contributed by atoms with Gasteiger partial charge in [-0.25, -0.2) is 0 Å². The molecule has 0 atom stereocenters. The second kappa shape index (κ2) is 9.28. The van der Waals surface area contributed by atoms with E-state index in [1.165, 1.54) is 11.1 Å². The Morgan fingerprint density at radius 1 is 1.29 bits per heavy atom. The van der Waals surface area contributed by atoms with E-state index in [2.05, 4.69) is 76.4 Å². The first kappa shape index (κ1) is 20.2. The maximum absolute atomic E-state index is 4.73. The van der Waals surface area contributed by atoms with Crippen molar-refractivity contribution in [3.8, 4) is 0 Å². The summed E-state index contributed by atoms with van der Waals surface area (Å²) in [6.07, 6.45) is 0. The highest BCUT2D eigenvalue weighted by atomic mass is 127. The van der Waals surface area contributed by atoms with Crippen molar-refractivity contribution in [2.75, 3.05) is 13.1 Å². The Kier molecular flexibility index (Phi) is 8.94. The van der Waals surface area contributed by atoms with Gasteiger partial charge in [-0.3, -0.25) is 4.99 Å². The van der Waals surface area contributed by atoms with E-state index in [-0.39, 0.29) is 29.4 Å². The molecule has 0 aliphatic heterocycles. The lowest BCUT2D eigenvalue weighted by Crippen LogP contribution is -2.41. The summed E-state index contributed by atoms with van der Waals surface area (Å²) in [7, 11) is 0. The van der Waals surface area contributed by atoms with Crippen molar-refractivity contribution in [2.45, 2.75) is 53.0 Å². The van der Waals surface area contributed by atoms with Gasteiger partial charge in [-0.15, -0.1) is 24.0 Å². The molecule has 0 aliphatic carbocycles. The maximum atomic E-state index is 4.73. The predicted octanol–water partition coefficient (Wildman–Crippen LogP) is 3.85. The van der Waals surface area contributed by atoms with Crippen molar-refractivity contribution in [1.29, 1.82) is 0 Å². The molecule has 4 heteroatoms. The molecule has 120 valence electrons. The average molecular weight is 403 g/mol. The van der Waals surface area contributed by atoms with Crippen LogP contribution >= 0.6 is 24.0 Å². The van der Waals surface area contributed by atoms with Crippen LogP contribution in [0.2, 0.25) is 0 Å². The summed E-state index contributed by atoms with van der Waals surface area (Å²) in [6, 6.07) is 9.07. The van der Waals surface area contributed by atoms with Gasteiger partial charge in [0.2, 0.25) is 0 Å². The fourth-order valence-corrected chi connectivity index (χ4v) is 2.03. The molecule has 0 heterocycles. The van der Waals surface area contributed by atoms with Crippen LogP contribution in [-0.4, -0.2) is 25.1 Å². The first-order valence-electron chi connectivity index (χ1n) is 7.47. The van der Waals surface area contributed by atoms with Crippen molar-refractivity contribution >= 4 is 29.9 Å². The summed E-state index contributed by atoms with van der Waals surface area (Å²) < 4.78 is 0. The zero-order valence-corrected chi connectivity index (χ0v) is 16.5. The van der Waals surface area contributed by atoms with Crippen LogP contribution in [0.5, 0.6) is 0 Å². The molecule has 0 aliphatic rings. The molecule has 0 amide bonds. The second-order valence-corrected chi connectivity index (χ2v) is 6.25. The lowest BCUT2D eigenvalue weighted by molar-refractivity contribution is 0.535. The molecule has 0 saturated heterocycles. The molecule has 0 bridgehead atoms. The van der Waals surface area contributed by atoms with E-state index in [0.717, 1.165) is 19.0 Å². The van der Waals surface area contributed by atoms with Crippen molar-refractivity contribution in [3.05, 3.63) is 35.4 Å². The van der Waals surface area contributed by atoms with E-state index in [9.17, 15) is 0 Å². The fraction of sp³-hybridized carbons (Fsp3) is 0.588. The largest absolute Gasteiger partial charge is 0.357 e. The van der Waals surface area contributed by atoms with Gasteiger partial charge in [-0.1, -0.05) is 43.7 Å². The standard InChI is InChI=1S/C17H29N3.HI/c1-7-18-16(20-13(2)3)19-12-17(5,6)15-10-8-9-14(4)11-15;/h8-11,13H,7,12H2,1-6H3,(H2,18,19,20);1H. The Balaban J connectivity index is 0.00000400. The molecule has 0 radical (unpaired) electrons. The summed E-state index contributed by atoms with van der Waals surface area (Å²) >= 11 is 0. The van der Waals surface area contributed by atoms with Crippen molar-refractivity contribution in [1.82, 2.24) is 10.6 Å². The maximum Gasteiger partial charge on any atom is 0.191 e. The highest BCUT2D eigenvalue weighted by Gasteiger charge is 2.20. The van der Waals surface area contributed by atoms with Crippen LogP contribution in [0.4, 0.5) is 0 Å². The number of benzene rings is 1. The van der Waals surface area contributed by atoms with Crippen LogP contribution in [0, 0.1) is 6.92 Å². The molecular weight excluding hydrogens is 373 g/mol. The predicted molar refractivity (Wildman–Crippen MR) is 104 cm³/mol. The lowest BCUT2D eigenvalue weighted by atomic mass is 9.84. The number of rotatable bonds is 5. The third-order valence-corrected chi connectivity index (χ3v) is 3.20. The molecule has 0 saturated carbocycles.